The van der Waals surface area contributed by atoms with E-state index in [1.807, 2.05) is 0 Å². The monoisotopic (exact) mass is 426 g/mol. The van der Waals surface area contributed by atoms with Crippen LogP contribution in [0.15, 0.2) is 53.1 Å². The Morgan fingerprint density at radius 2 is 1.70 bits per heavy atom. The van der Waals surface area contributed by atoms with Gasteiger partial charge in [0.05, 0.1) is 18.7 Å². The van der Waals surface area contributed by atoms with Gasteiger partial charge in [-0.1, -0.05) is 41.6 Å². The Morgan fingerprint density at radius 1 is 1.00 bits per heavy atom. The minimum atomic E-state index is -4.90. The highest BCUT2D eigenvalue weighted by Crippen LogP contribution is 2.39. The van der Waals surface area contributed by atoms with E-state index in [9.17, 15) is 26.3 Å². The van der Waals surface area contributed by atoms with Crippen LogP contribution in [0, 0.1) is 6.57 Å². The first-order valence-electron chi connectivity index (χ1n) is 8.35. The predicted octanol–water partition coefficient (Wildman–Crippen LogP) is 5.88. The van der Waals surface area contributed by atoms with Crippen LogP contribution in [0.4, 0.5) is 37.7 Å². The summed E-state index contributed by atoms with van der Waals surface area (Å²) < 4.78 is 83.8. The molecule has 0 radical (unpaired) electrons. The molecular formula is C19H12F6N4O. The van der Waals surface area contributed by atoms with Crippen LogP contribution in [0.2, 0.25) is 0 Å². The van der Waals surface area contributed by atoms with Gasteiger partial charge in [-0.3, -0.25) is 0 Å². The molecule has 0 saturated carbocycles. The molecule has 3 aromatic rings. The normalized spacial score (nSPS) is 11.9. The molecule has 0 saturated heterocycles. The molecule has 30 heavy (non-hydrogen) atoms. The predicted molar refractivity (Wildman–Crippen MR) is 94.5 cm³/mol. The van der Waals surface area contributed by atoms with E-state index in [2.05, 4.69) is 15.0 Å². The van der Waals surface area contributed by atoms with E-state index in [0.29, 0.717) is 16.5 Å². The maximum absolute atomic E-state index is 13.2. The molecule has 0 aliphatic carbocycles. The van der Waals surface area contributed by atoms with E-state index in [0.717, 1.165) is 12.1 Å². The van der Waals surface area contributed by atoms with E-state index in [1.165, 1.54) is 0 Å². The second kappa shape index (κ2) is 8.06. The quantitative estimate of drug-likeness (QED) is 0.378. The number of hydrogen-bond donors (Lipinski definition) is 0. The molecule has 2 aromatic carbocycles. The van der Waals surface area contributed by atoms with Crippen molar-refractivity contribution in [1.29, 1.82) is 0 Å². The van der Waals surface area contributed by atoms with Crippen LogP contribution >= 0.6 is 0 Å². The lowest BCUT2D eigenvalue weighted by atomic mass is 10.1. The first-order chi connectivity index (χ1) is 14.1. The SMILES string of the molecule is [C-]#[N+]c1ccc(N(Cc2nc(-c3ccccc3)no2)CC(F)(F)F)cc1C(F)(F)F. The van der Waals surface area contributed by atoms with Crippen LogP contribution in [0.25, 0.3) is 16.2 Å². The Kier molecular flexibility index (Phi) is 5.69. The first kappa shape index (κ1) is 21.2. The van der Waals surface area contributed by atoms with E-state index in [1.54, 1.807) is 30.3 Å². The highest BCUT2D eigenvalue weighted by Gasteiger charge is 2.36. The molecule has 156 valence electrons. The Hall–Kier alpha value is -3.55. The summed E-state index contributed by atoms with van der Waals surface area (Å²) in [5.74, 6) is -0.0715. The largest absolute Gasteiger partial charge is 0.407 e. The lowest BCUT2D eigenvalue weighted by Crippen LogP contribution is -2.34. The third-order valence-corrected chi connectivity index (χ3v) is 3.97. The summed E-state index contributed by atoms with van der Waals surface area (Å²) in [4.78, 5) is 7.43. The molecule has 0 fully saturated rings. The molecule has 0 aliphatic heterocycles. The van der Waals surface area contributed by atoms with Gasteiger partial charge in [0.2, 0.25) is 11.7 Å². The summed E-state index contributed by atoms with van der Waals surface area (Å²) in [6.07, 6.45) is -9.61. The maximum atomic E-state index is 13.2. The van der Waals surface area contributed by atoms with Crippen LogP contribution in [0.5, 0.6) is 0 Å². The van der Waals surface area contributed by atoms with E-state index in [-0.39, 0.29) is 17.4 Å². The van der Waals surface area contributed by atoms with Gasteiger partial charge >= 0.3 is 12.4 Å². The van der Waals surface area contributed by atoms with Crippen molar-refractivity contribution in [2.45, 2.75) is 18.9 Å². The van der Waals surface area contributed by atoms with Crippen molar-refractivity contribution in [2.24, 2.45) is 0 Å². The number of rotatable bonds is 5. The van der Waals surface area contributed by atoms with Crippen molar-refractivity contribution in [2.75, 3.05) is 11.4 Å². The lowest BCUT2D eigenvalue weighted by molar-refractivity contribution is -0.136. The highest BCUT2D eigenvalue weighted by atomic mass is 19.4. The molecule has 0 atom stereocenters. The summed E-state index contributed by atoms with van der Waals surface area (Å²) in [6, 6.07) is 10.9. The lowest BCUT2D eigenvalue weighted by Gasteiger charge is -2.25. The standard InChI is InChI=1S/C19H12F6N4O/c1-26-15-8-7-13(9-14(15)19(23,24)25)29(11-18(20,21)22)10-16-27-17(28-30-16)12-5-3-2-4-6-12/h2-9H,10-11H2. The summed E-state index contributed by atoms with van der Waals surface area (Å²) in [6.45, 7) is 4.72. The highest BCUT2D eigenvalue weighted by molar-refractivity contribution is 5.62. The fourth-order valence-corrected chi connectivity index (χ4v) is 2.69. The molecule has 0 bridgehead atoms. The van der Waals surface area contributed by atoms with Crippen LogP contribution < -0.4 is 4.90 Å². The van der Waals surface area contributed by atoms with Gasteiger partial charge in [-0.25, -0.2) is 4.85 Å². The zero-order valence-electron chi connectivity index (χ0n) is 15.0. The van der Waals surface area contributed by atoms with Crippen LogP contribution in [-0.4, -0.2) is 22.9 Å². The first-order valence-corrected chi connectivity index (χ1v) is 8.35. The average molecular weight is 426 g/mol. The van der Waals surface area contributed by atoms with Crippen molar-refractivity contribution in [3.63, 3.8) is 0 Å². The number of aromatic nitrogens is 2. The Balaban J connectivity index is 1.95. The molecule has 0 N–H and O–H groups in total. The number of hydrogen-bond acceptors (Lipinski definition) is 4. The third kappa shape index (κ3) is 5.08. The number of anilines is 1. The van der Waals surface area contributed by atoms with E-state index >= 15 is 0 Å². The third-order valence-electron chi connectivity index (χ3n) is 3.97. The number of halogens is 6. The van der Waals surface area contributed by atoms with Crippen molar-refractivity contribution in [1.82, 2.24) is 10.1 Å². The van der Waals surface area contributed by atoms with Gasteiger partial charge in [0.1, 0.15) is 6.54 Å². The Morgan fingerprint density at radius 3 is 2.30 bits per heavy atom. The summed E-state index contributed by atoms with van der Waals surface area (Å²) in [5.41, 5.74) is -1.85. The number of nitrogens with zero attached hydrogens (tertiary/aromatic N) is 4. The zero-order valence-corrected chi connectivity index (χ0v) is 15.0. The molecule has 1 heterocycles. The van der Waals surface area contributed by atoms with Crippen molar-refractivity contribution >= 4 is 11.4 Å². The number of alkyl halides is 6. The zero-order chi connectivity index (χ0) is 21.9. The molecule has 11 heteroatoms. The Bertz CT molecular complexity index is 1050. The average Bonchev–Trinajstić information content (AvgIpc) is 3.14. The smallest absolute Gasteiger partial charge is 0.353 e. The van der Waals surface area contributed by atoms with Crippen LogP contribution in [0.1, 0.15) is 11.5 Å². The van der Waals surface area contributed by atoms with Crippen molar-refractivity contribution < 1.29 is 30.9 Å². The minimum Gasteiger partial charge on any atom is -0.353 e. The molecule has 0 amide bonds. The molecule has 3 rings (SSSR count). The van der Waals surface area contributed by atoms with Gasteiger partial charge in [0, 0.05) is 11.3 Å². The fraction of sp³-hybridized carbons (Fsp3) is 0.211. The fourth-order valence-electron chi connectivity index (χ4n) is 2.69. The summed E-state index contributed by atoms with van der Waals surface area (Å²) >= 11 is 0. The topological polar surface area (TPSA) is 46.5 Å². The van der Waals surface area contributed by atoms with Crippen molar-refractivity contribution in [3.8, 4) is 11.4 Å². The molecule has 0 aliphatic rings. The number of benzene rings is 2. The maximum Gasteiger partial charge on any atom is 0.407 e. The molecule has 5 nitrogen and oxygen atoms in total. The van der Waals surface area contributed by atoms with Crippen LogP contribution in [-0.2, 0) is 12.7 Å². The minimum absolute atomic E-state index is 0.136. The summed E-state index contributed by atoms with van der Waals surface area (Å²) in [7, 11) is 0. The summed E-state index contributed by atoms with van der Waals surface area (Å²) in [5, 5.41) is 3.70. The van der Waals surface area contributed by atoms with Gasteiger partial charge in [0.25, 0.3) is 0 Å². The molecule has 1 aromatic heterocycles. The Labute approximate surface area is 166 Å². The van der Waals surface area contributed by atoms with Gasteiger partial charge in [-0.15, -0.1) is 0 Å². The van der Waals surface area contributed by atoms with E-state index in [4.69, 9.17) is 11.1 Å². The molecule has 0 unspecified atom stereocenters. The molecular weight excluding hydrogens is 414 g/mol. The second-order valence-corrected chi connectivity index (χ2v) is 6.16. The van der Waals surface area contributed by atoms with Gasteiger partial charge in [0.15, 0.2) is 5.69 Å². The van der Waals surface area contributed by atoms with Crippen LogP contribution in [0.3, 0.4) is 0 Å². The second-order valence-electron chi connectivity index (χ2n) is 6.16. The van der Waals surface area contributed by atoms with Gasteiger partial charge in [-0.2, -0.15) is 31.3 Å². The van der Waals surface area contributed by atoms with Gasteiger partial charge < -0.3 is 9.42 Å². The molecule has 0 spiro atoms. The van der Waals surface area contributed by atoms with E-state index < -0.39 is 36.7 Å². The van der Waals surface area contributed by atoms with Crippen molar-refractivity contribution in [3.05, 3.63) is 71.4 Å². The van der Waals surface area contributed by atoms with Gasteiger partial charge in [-0.05, 0) is 12.1 Å².